The summed E-state index contributed by atoms with van der Waals surface area (Å²) in [5, 5.41) is 0. The van der Waals surface area contributed by atoms with E-state index in [4.69, 9.17) is 4.74 Å². The molecule has 1 nitrogen and oxygen atoms in total. The summed E-state index contributed by atoms with van der Waals surface area (Å²) in [6.07, 6.45) is 4.89. The Morgan fingerprint density at radius 2 is 2.00 bits per heavy atom. The summed E-state index contributed by atoms with van der Waals surface area (Å²) in [7, 11) is 0. The molecule has 0 saturated heterocycles. The zero-order valence-electron chi connectivity index (χ0n) is 7.26. The topological polar surface area (TPSA) is 9.23 Å². The Bertz CT molecular complexity index is 98.9. The van der Waals surface area contributed by atoms with E-state index in [9.17, 15) is 0 Å². The molecule has 1 aliphatic carbocycles. The van der Waals surface area contributed by atoms with Gasteiger partial charge < -0.3 is 4.74 Å². The van der Waals surface area contributed by atoms with Crippen LogP contribution in [-0.4, -0.2) is 12.2 Å². The van der Waals surface area contributed by atoms with Gasteiger partial charge in [-0.3, -0.25) is 0 Å². The van der Waals surface area contributed by atoms with E-state index in [1.165, 1.54) is 19.3 Å². The molecule has 1 heteroatoms. The Kier molecular flexibility index (Phi) is 2.72. The van der Waals surface area contributed by atoms with Crippen molar-refractivity contribution in [2.24, 2.45) is 5.92 Å². The standard InChI is InChI=1S/C9H18O/c1-7(2)10-9-5-4-8(3)6-9/h7-9H,4-6H2,1-3H3/t8-,9-/m1/s1. The van der Waals surface area contributed by atoms with Gasteiger partial charge in [0.1, 0.15) is 0 Å². The van der Waals surface area contributed by atoms with Crippen molar-refractivity contribution >= 4 is 0 Å². The summed E-state index contributed by atoms with van der Waals surface area (Å²) in [5.41, 5.74) is 0. The SMILES string of the molecule is CC(C)O[C@@H]1CC[C@@H](C)C1. The van der Waals surface area contributed by atoms with Gasteiger partial charge in [-0.2, -0.15) is 0 Å². The molecule has 2 atom stereocenters. The normalized spacial score (nSPS) is 33.6. The molecule has 0 aliphatic heterocycles. The predicted octanol–water partition coefficient (Wildman–Crippen LogP) is 2.60. The van der Waals surface area contributed by atoms with Gasteiger partial charge >= 0.3 is 0 Å². The molecule has 1 aliphatic rings. The first-order valence-electron chi connectivity index (χ1n) is 4.34. The van der Waals surface area contributed by atoms with Gasteiger partial charge in [-0.05, 0) is 39.0 Å². The lowest BCUT2D eigenvalue weighted by Gasteiger charge is -2.14. The van der Waals surface area contributed by atoms with Gasteiger partial charge in [0.05, 0.1) is 12.2 Å². The summed E-state index contributed by atoms with van der Waals surface area (Å²) >= 11 is 0. The summed E-state index contributed by atoms with van der Waals surface area (Å²) in [5.74, 6) is 0.892. The lowest BCUT2D eigenvalue weighted by molar-refractivity contribution is 0.0107. The van der Waals surface area contributed by atoms with Crippen LogP contribution in [0.1, 0.15) is 40.0 Å². The van der Waals surface area contributed by atoms with Crippen LogP contribution < -0.4 is 0 Å². The minimum absolute atomic E-state index is 0.412. The van der Waals surface area contributed by atoms with Crippen LogP contribution >= 0.6 is 0 Å². The highest BCUT2D eigenvalue weighted by Gasteiger charge is 2.22. The van der Waals surface area contributed by atoms with Crippen LogP contribution in [0.25, 0.3) is 0 Å². The third kappa shape index (κ3) is 2.30. The van der Waals surface area contributed by atoms with Gasteiger partial charge in [-0.1, -0.05) is 6.92 Å². The smallest absolute Gasteiger partial charge is 0.0581 e. The Balaban J connectivity index is 2.18. The van der Waals surface area contributed by atoms with Crippen LogP contribution in [-0.2, 0) is 4.74 Å². The Labute approximate surface area is 63.8 Å². The third-order valence-corrected chi connectivity index (χ3v) is 2.11. The second-order valence-corrected chi connectivity index (χ2v) is 3.73. The molecule has 0 amide bonds. The van der Waals surface area contributed by atoms with Crippen molar-refractivity contribution in [2.75, 3.05) is 0 Å². The number of hydrogen-bond donors (Lipinski definition) is 0. The Morgan fingerprint density at radius 1 is 1.30 bits per heavy atom. The summed E-state index contributed by atoms with van der Waals surface area (Å²) in [4.78, 5) is 0. The average molecular weight is 142 g/mol. The maximum absolute atomic E-state index is 5.68. The van der Waals surface area contributed by atoms with Gasteiger partial charge in [0.2, 0.25) is 0 Å². The molecule has 0 bridgehead atoms. The number of hydrogen-bond acceptors (Lipinski definition) is 1. The maximum atomic E-state index is 5.68. The van der Waals surface area contributed by atoms with Crippen LogP contribution in [0.5, 0.6) is 0 Å². The monoisotopic (exact) mass is 142 g/mol. The van der Waals surface area contributed by atoms with Gasteiger partial charge in [0.15, 0.2) is 0 Å². The van der Waals surface area contributed by atoms with Crippen molar-refractivity contribution < 1.29 is 4.74 Å². The number of rotatable bonds is 2. The van der Waals surface area contributed by atoms with Gasteiger partial charge in [0.25, 0.3) is 0 Å². The first-order chi connectivity index (χ1) is 4.68. The van der Waals surface area contributed by atoms with Crippen molar-refractivity contribution in [3.63, 3.8) is 0 Å². The quantitative estimate of drug-likeness (QED) is 0.576. The highest BCUT2D eigenvalue weighted by molar-refractivity contribution is 4.73. The fourth-order valence-electron chi connectivity index (χ4n) is 1.66. The molecule has 1 fully saturated rings. The zero-order chi connectivity index (χ0) is 7.56. The summed E-state index contributed by atoms with van der Waals surface area (Å²) in [6.45, 7) is 6.54. The fourth-order valence-corrected chi connectivity index (χ4v) is 1.66. The fraction of sp³-hybridized carbons (Fsp3) is 1.00. The molecular formula is C9H18O. The third-order valence-electron chi connectivity index (χ3n) is 2.11. The van der Waals surface area contributed by atoms with Crippen LogP contribution in [0.3, 0.4) is 0 Å². The van der Waals surface area contributed by atoms with E-state index in [0.717, 1.165) is 5.92 Å². The molecule has 0 radical (unpaired) electrons. The summed E-state index contributed by atoms with van der Waals surface area (Å²) in [6, 6.07) is 0. The molecule has 0 N–H and O–H groups in total. The van der Waals surface area contributed by atoms with Crippen molar-refractivity contribution in [3.8, 4) is 0 Å². The molecule has 0 heterocycles. The van der Waals surface area contributed by atoms with Crippen molar-refractivity contribution in [2.45, 2.75) is 52.2 Å². The molecule has 1 rings (SSSR count). The number of ether oxygens (including phenoxy) is 1. The van der Waals surface area contributed by atoms with Gasteiger partial charge in [0, 0.05) is 0 Å². The molecule has 60 valence electrons. The highest BCUT2D eigenvalue weighted by atomic mass is 16.5. The molecule has 0 spiro atoms. The lowest BCUT2D eigenvalue weighted by atomic mass is 10.1. The van der Waals surface area contributed by atoms with Crippen LogP contribution in [0.15, 0.2) is 0 Å². The maximum Gasteiger partial charge on any atom is 0.0581 e. The second kappa shape index (κ2) is 3.38. The van der Waals surface area contributed by atoms with E-state index < -0.39 is 0 Å². The lowest BCUT2D eigenvalue weighted by Crippen LogP contribution is -2.14. The largest absolute Gasteiger partial charge is 0.376 e. The zero-order valence-corrected chi connectivity index (χ0v) is 7.26. The van der Waals surface area contributed by atoms with Crippen molar-refractivity contribution in [3.05, 3.63) is 0 Å². The molecule has 1 saturated carbocycles. The van der Waals surface area contributed by atoms with Crippen molar-refractivity contribution in [1.82, 2.24) is 0 Å². The van der Waals surface area contributed by atoms with Gasteiger partial charge in [-0.25, -0.2) is 0 Å². The minimum Gasteiger partial charge on any atom is -0.376 e. The molecular weight excluding hydrogens is 124 g/mol. The molecule has 0 unspecified atom stereocenters. The van der Waals surface area contributed by atoms with Crippen LogP contribution in [0.2, 0.25) is 0 Å². The van der Waals surface area contributed by atoms with Crippen LogP contribution in [0.4, 0.5) is 0 Å². The Hall–Kier alpha value is -0.0400. The minimum atomic E-state index is 0.412. The highest BCUT2D eigenvalue weighted by Crippen LogP contribution is 2.27. The van der Waals surface area contributed by atoms with Gasteiger partial charge in [-0.15, -0.1) is 0 Å². The average Bonchev–Trinajstić information content (AvgIpc) is 2.13. The molecule has 10 heavy (non-hydrogen) atoms. The van der Waals surface area contributed by atoms with E-state index in [1.807, 2.05) is 0 Å². The second-order valence-electron chi connectivity index (χ2n) is 3.73. The van der Waals surface area contributed by atoms with E-state index in [-0.39, 0.29) is 0 Å². The Morgan fingerprint density at radius 3 is 2.40 bits per heavy atom. The van der Waals surface area contributed by atoms with E-state index in [0.29, 0.717) is 12.2 Å². The summed E-state index contributed by atoms with van der Waals surface area (Å²) < 4.78 is 5.68. The predicted molar refractivity (Wildman–Crippen MR) is 43.0 cm³/mol. The van der Waals surface area contributed by atoms with Crippen LogP contribution in [0, 0.1) is 5.92 Å². The van der Waals surface area contributed by atoms with Crippen molar-refractivity contribution in [1.29, 1.82) is 0 Å². The first-order valence-corrected chi connectivity index (χ1v) is 4.34. The van der Waals surface area contributed by atoms with E-state index >= 15 is 0 Å². The van der Waals surface area contributed by atoms with E-state index in [1.54, 1.807) is 0 Å². The molecule has 0 aromatic heterocycles. The molecule has 0 aromatic carbocycles. The van der Waals surface area contributed by atoms with E-state index in [2.05, 4.69) is 20.8 Å². The molecule has 0 aromatic rings. The first kappa shape index (κ1) is 8.06.